The predicted octanol–water partition coefficient (Wildman–Crippen LogP) is 1.30. The van der Waals surface area contributed by atoms with Gasteiger partial charge in [0.25, 0.3) is 0 Å². The van der Waals surface area contributed by atoms with Crippen LogP contribution in [0.15, 0.2) is 30.4 Å². The highest BCUT2D eigenvalue weighted by Gasteiger charge is 2.48. The van der Waals surface area contributed by atoms with Gasteiger partial charge in [-0.15, -0.1) is 0 Å². The summed E-state index contributed by atoms with van der Waals surface area (Å²) in [5, 5.41) is 9.21. The first-order chi connectivity index (χ1) is 14.0. The summed E-state index contributed by atoms with van der Waals surface area (Å²) in [4.78, 5) is 42.4. The van der Waals surface area contributed by atoms with E-state index < -0.39 is 5.82 Å². The number of imide groups is 1. The summed E-state index contributed by atoms with van der Waals surface area (Å²) in [5.41, 5.74) is 0.512. The molecule has 2 atom stereocenters. The molecule has 2 saturated heterocycles. The number of hydrogen-bond donors (Lipinski definition) is 0. The van der Waals surface area contributed by atoms with Crippen molar-refractivity contribution in [3.05, 3.63) is 41.7 Å². The van der Waals surface area contributed by atoms with Crippen molar-refractivity contribution in [2.24, 2.45) is 11.8 Å². The number of rotatable bonds is 3. The first-order valence-corrected chi connectivity index (χ1v) is 9.73. The monoisotopic (exact) mass is 396 g/mol. The summed E-state index contributed by atoms with van der Waals surface area (Å²) in [6.07, 6.45) is 4.93. The van der Waals surface area contributed by atoms with Crippen LogP contribution in [0.4, 0.5) is 10.1 Å². The van der Waals surface area contributed by atoms with Crippen molar-refractivity contribution in [1.82, 2.24) is 9.80 Å². The third-order valence-electron chi connectivity index (χ3n) is 5.97. The standard InChI is InChI=1S/C21H21FN4O3/c22-17-6-3-7-18(16(17)12-23)24-8-10-25(11-9-24)19(27)13-26-20(28)14-4-1-2-5-15(14)21(26)29/h1-3,6-7,14-15H,4-5,8-11,13H2. The number of carbonyl (C=O) groups is 3. The maximum Gasteiger partial charge on any atom is 0.242 e. The number of halogens is 1. The van der Waals surface area contributed by atoms with Gasteiger partial charge in [0.15, 0.2) is 0 Å². The minimum Gasteiger partial charge on any atom is -0.367 e. The Morgan fingerprint density at radius 1 is 1.07 bits per heavy atom. The molecular formula is C21H21FN4O3. The van der Waals surface area contributed by atoms with Crippen LogP contribution in [0.25, 0.3) is 0 Å². The van der Waals surface area contributed by atoms with Gasteiger partial charge in [0.1, 0.15) is 24.0 Å². The molecule has 7 nitrogen and oxygen atoms in total. The Kier molecular flexibility index (Phi) is 5.05. The van der Waals surface area contributed by atoms with Gasteiger partial charge in [0, 0.05) is 26.2 Å². The summed E-state index contributed by atoms with van der Waals surface area (Å²) >= 11 is 0. The number of carbonyl (C=O) groups excluding carboxylic acids is 3. The zero-order valence-corrected chi connectivity index (χ0v) is 15.9. The van der Waals surface area contributed by atoms with Crippen LogP contribution in [0.1, 0.15) is 18.4 Å². The van der Waals surface area contributed by atoms with Gasteiger partial charge in [0.05, 0.1) is 17.5 Å². The van der Waals surface area contributed by atoms with E-state index in [0.29, 0.717) is 44.7 Å². The topological polar surface area (TPSA) is 84.7 Å². The molecule has 2 aliphatic heterocycles. The molecule has 1 aromatic rings. The SMILES string of the molecule is N#Cc1c(F)cccc1N1CCN(C(=O)CN2C(=O)C3CC=CCC3C2=O)CC1. The van der Waals surface area contributed by atoms with Crippen molar-refractivity contribution in [2.45, 2.75) is 12.8 Å². The van der Waals surface area contributed by atoms with Crippen molar-refractivity contribution >= 4 is 23.4 Å². The number of piperazine rings is 1. The van der Waals surface area contributed by atoms with Crippen molar-refractivity contribution < 1.29 is 18.8 Å². The highest BCUT2D eigenvalue weighted by molar-refractivity contribution is 6.07. The van der Waals surface area contributed by atoms with Crippen molar-refractivity contribution in [2.75, 3.05) is 37.6 Å². The minimum absolute atomic E-state index is 0.00301. The Labute approximate surface area is 168 Å². The fourth-order valence-electron chi connectivity index (χ4n) is 4.34. The number of nitrogens with zero attached hydrogens (tertiary/aromatic N) is 4. The average molecular weight is 396 g/mol. The van der Waals surface area contributed by atoms with Gasteiger partial charge < -0.3 is 9.80 Å². The number of benzene rings is 1. The number of nitriles is 1. The van der Waals surface area contributed by atoms with Crippen molar-refractivity contribution in [3.8, 4) is 6.07 Å². The lowest BCUT2D eigenvalue weighted by Crippen LogP contribution is -2.52. The molecule has 0 bridgehead atoms. The molecule has 2 fully saturated rings. The molecule has 4 rings (SSSR count). The molecule has 3 amide bonds. The number of anilines is 1. The molecule has 150 valence electrons. The molecule has 2 unspecified atom stereocenters. The van der Waals surface area contributed by atoms with Gasteiger partial charge in [-0.3, -0.25) is 19.3 Å². The number of hydrogen-bond acceptors (Lipinski definition) is 5. The lowest BCUT2D eigenvalue weighted by atomic mass is 9.85. The molecule has 0 aromatic heterocycles. The van der Waals surface area contributed by atoms with Crippen LogP contribution in [0.3, 0.4) is 0 Å². The number of allylic oxidation sites excluding steroid dienone is 2. The van der Waals surface area contributed by atoms with E-state index in [1.54, 1.807) is 17.0 Å². The summed E-state index contributed by atoms with van der Waals surface area (Å²) in [6, 6.07) is 6.39. The lowest BCUT2D eigenvalue weighted by Gasteiger charge is -2.37. The van der Waals surface area contributed by atoms with E-state index in [-0.39, 0.29) is 41.7 Å². The smallest absolute Gasteiger partial charge is 0.242 e. The largest absolute Gasteiger partial charge is 0.367 e. The molecule has 2 heterocycles. The van der Waals surface area contributed by atoms with Crippen LogP contribution in [0, 0.1) is 29.0 Å². The molecule has 29 heavy (non-hydrogen) atoms. The highest BCUT2D eigenvalue weighted by Crippen LogP contribution is 2.35. The zero-order chi connectivity index (χ0) is 20.5. The van der Waals surface area contributed by atoms with Crippen LogP contribution in [-0.2, 0) is 14.4 Å². The maximum absolute atomic E-state index is 13.8. The van der Waals surface area contributed by atoms with Gasteiger partial charge in [-0.05, 0) is 25.0 Å². The highest BCUT2D eigenvalue weighted by atomic mass is 19.1. The van der Waals surface area contributed by atoms with Gasteiger partial charge in [0.2, 0.25) is 17.7 Å². The Balaban J connectivity index is 1.38. The number of amides is 3. The quantitative estimate of drug-likeness (QED) is 0.568. The Morgan fingerprint density at radius 2 is 1.69 bits per heavy atom. The van der Waals surface area contributed by atoms with E-state index in [1.807, 2.05) is 23.1 Å². The second kappa shape index (κ2) is 7.66. The number of fused-ring (bicyclic) bond motifs is 1. The molecular weight excluding hydrogens is 375 g/mol. The van der Waals surface area contributed by atoms with E-state index in [0.717, 1.165) is 4.90 Å². The van der Waals surface area contributed by atoms with Crippen LogP contribution < -0.4 is 4.90 Å². The maximum atomic E-state index is 13.8. The Morgan fingerprint density at radius 3 is 2.28 bits per heavy atom. The number of likely N-dealkylation sites (tertiary alicyclic amines) is 1. The minimum atomic E-state index is -0.564. The van der Waals surface area contributed by atoms with Crippen LogP contribution in [0.2, 0.25) is 0 Å². The first kappa shape index (κ1) is 19.1. The fraction of sp³-hybridized carbons (Fsp3) is 0.429. The molecule has 0 radical (unpaired) electrons. The average Bonchev–Trinajstić information content (AvgIpc) is 2.99. The Bertz CT molecular complexity index is 904. The van der Waals surface area contributed by atoms with E-state index >= 15 is 0 Å². The first-order valence-electron chi connectivity index (χ1n) is 9.73. The van der Waals surface area contributed by atoms with Crippen molar-refractivity contribution in [1.29, 1.82) is 5.26 Å². The summed E-state index contributed by atoms with van der Waals surface area (Å²) < 4.78 is 13.8. The van der Waals surface area contributed by atoms with Gasteiger partial charge in [-0.25, -0.2) is 4.39 Å². The molecule has 1 aliphatic carbocycles. The zero-order valence-electron chi connectivity index (χ0n) is 15.9. The van der Waals surface area contributed by atoms with Gasteiger partial charge in [-0.2, -0.15) is 5.26 Å². The van der Waals surface area contributed by atoms with E-state index in [4.69, 9.17) is 0 Å². The van der Waals surface area contributed by atoms with Crippen LogP contribution in [-0.4, -0.2) is 60.2 Å². The third kappa shape index (κ3) is 3.37. The molecule has 0 spiro atoms. The van der Waals surface area contributed by atoms with Crippen LogP contribution in [0.5, 0.6) is 0 Å². The van der Waals surface area contributed by atoms with E-state index in [2.05, 4.69) is 0 Å². The third-order valence-corrected chi connectivity index (χ3v) is 5.97. The Hall–Kier alpha value is -3.21. The molecule has 0 N–H and O–H groups in total. The predicted molar refractivity (Wildman–Crippen MR) is 102 cm³/mol. The molecule has 0 saturated carbocycles. The second-order valence-corrected chi connectivity index (χ2v) is 7.53. The van der Waals surface area contributed by atoms with Crippen molar-refractivity contribution in [3.63, 3.8) is 0 Å². The summed E-state index contributed by atoms with van der Waals surface area (Å²) in [6.45, 7) is 1.42. The molecule has 3 aliphatic rings. The second-order valence-electron chi connectivity index (χ2n) is 7.53. The fourth-order valence-corrected chi connectivity index (χ4v) is 4.34. The summed E-state index contributed by atoms with van der Waals surface area (Å²) in [7, 11) is 0. The van der Waals surface area contributed by atoms with Gasteiger partial charge >= 0.3 is 0 Å². The van der Waals surface area contributed by atoms with E-state index in [9.17, 15) is 24.0 Å². The lowest BCUT2D eigenvalue weighted by molar-refractivity contribution is -0.146. The van der Waals surface area contributed by atoms with E-state index in [1.165, 1.54) is 6.07 Å². The molecule has 1 aromatic carbocycles. The summed E-state index contributed by atoms with van der Waals surface area (Å²) in [5.74, 6) is -2.02. The molecule has 8 heteroatoms. The van der Waals surface area contributed by atoms with Crippen LogP contribution >= 0.6 is 0 Å². The normalized spacial score (nSPS) is 23.9. The van der Waals surface area contributed by atoms with Gasteiger partial charge in [-0.1, -0.05) is 18.2 Å².